The summed E-state index contributed by atoms with van der Waals surface area (Å²) in [6, 6.07) is 3.03. The number of nitrogens with one attached hydrogen (secondary N) is 1. The second-order valence-electron chi connectivity index (χ2n) is 6.57. The zero-order valence-corrected chi connectivity index (χ0v) is 16.4. The van der Waals surface area contributed by atoms with Crippen molar-refractivity contribution in [3.63, 3.8) is 0 Å². The third kappa shape index (κ3) is 4.25. The molecule has 0 spiro atoms. The summed E-state index contributed by atoms with van der Waals surface area (Å²) in [5, 5.41) is 1.07. The normalized spacial score (nSPS) is 10.9. The van der Waals surface area contributed by atoms with E-state index in [-0.39, 0.29) is 5.01 Å². The molecule has 3 aromatic carbocycles. The van der Waals surface area contributed by atoms with Gasteiger partial charge in [0.25, 0.3) is 11.8 Å². The van der Waals surface area contributed by atoms with Crippen LogP contribution in [0.3, 0.4) is 0 Å². The zero-order chi connectivity index (χ0) is 26.4. The fraction of sp³-hybridized carbons (Fsp3) is 0. The summed E-state index contributed by atoms with van der Waals surface area (Å²) in [7, 11) is 0. The first kappa shape index (κ1) is 25.5. The van der Waals surface area contributed by atoms with E-state index in [9.17, 15) is 53.5 Å². The molecule has 0 heterocycles. The predicted molar refractivity (Wildman–Crippen MR) is 97.9 cm³/mol. The van der Waals surface area contributed by atoms with E-state index >= 15 is 0 Å². The first-order valence-corrected chi connectivity index (χ1v) is 8.82. The highest BCUT2D eigenvalue weighted by Gasteiger charge is 2.31. The third-order valence-electron chi connectivity index (χ3n) is 4.49. The van der Waals surface area contributed by atoms with Crippen LogP contribution in [0.15, 0.2) is 24.3 Å². The quantitative estimate of drug-likeness (QED) is 0.131. The monoisotopic (exact) mass is 511 g/mol. The number of hydrazine groups is 1. The maximum absolute atomic E-state index is 13.9. The lowest BCUT2D eigenvalue weighted by Gasteiger charge is -2.19. The lowest BCUT2D eigenvalue weighted by Crippen LogP contribution is -2.39. The van der Waals surface area contributed by atoms with Gasteiger partial charge in [-0.15, -0.1) is 0 Å². The van der Waals surface area contributed by atoms with Crippen LogP contribution in [0.1, 0.15) is 20.7 Å². The Kier molecular flexibility index (Phi) is 6.73. The van der Waals surface area contributed by atoms with Crippen molar-refractivity contribution in [1.29, 1.82) is 0 Å². The molecule has 0 aliphatic heterocycles. The Hall–Kier alpha value is -4.14. The second-order valence-corrected chi connectivity index (χ2v) is 6.57. The van der Waals surface area contributed by atoms with Gasteiger partial charge >= 0.3 is 0 Å². The third-order valence-corrected chi connectivity index (χ3v) is 4.49. The van der Waals surface area contributed by atoms with Gasteiger partial charge < -0.3 is 5.32 Å². The van der Waals surface area contributed by atoms with Crippen molar-refractivity contribution in [3.05, 3.63) is 93.6 Å². The Labute approximate surface area is 187 Å². The number of carbonyl (C=O) groups excluding carboxylic acids is 2. The van der Waals surface area contributed by atoms with Crippen LogP contribution in [-0.2, 0) is 0 Å². The van der Waals surface area contributed by atoms with E-state index in [2.05, 4.69) is 0 Å². The Morgan fingerprint density at radius 2 is 0.914 bits per heavy atom. The topological polar surface area (TPSA) is 75.4 Å². The molecule has 0 saturated carbocycles. The Morgan fingerprint density at radius 3 is 1.34 bits per heavy atom. The molecule has 0 radical (unpaired) electrons. The highest BCUT2D eigenvalue weighted by Crippen LogP contribution is 2.30. The van der Waals surface area contributed by atoms with E-state index < -0.39 is 92.5 Å². The van der Waals surface area contributed by atoms with Crippen LogP contribution < -0.4 is 16.2 Å². The highest BCUT2D eigenvalue weighted by molar-refractivity contribution is 6.07. The molecule has 3 N–H and O–H groups in total. The van der Waals surface area contributed by atoms with Crippen molar-refractivity contribution < 1.29 is 53.5 Å². The zero-order valence-electron chi connectivity index (χ0n) is 16.4. The number of nitrogens with zero attached hydrogens (tertiary/aromatic N) is 1. The fourth-order valence-corrected chi connectivity index (χ4v) is 2.71. The number of rotatable bonds is 4. The molecule has 0 fully saturated rings. The van der Waals surface area contributed by atoms with E-state index in [0.717, 1.165) is 24.3 Å². The van der Waals surface area contributed by atoms with Crippen molar-refractivity contribution in [2.24, 2.45) is 5.84 Å². The van der Waals surface area contributed by atoms with Gasteiger partial charge in [-0.25, -0.2) is 54.8 Å². The van der Waals surface area contributed by atoms with Crippen molar-refractivity contribution in [2.75, 3.05) is 10.3 Å². The van der Waals surface area contributed by atoms with Gasteiger partial charge in [-0.05, 0) is 24.3 Å². The van der Waals surface area contributed by atoms with Crippen molar-refractivity contribution in [3.8, 4) is 0 Å². The Balaban J connectivity index is 1.88. The van der Waals surface area contributed by atoms with Gasteiger partial charge in [-0.1, -0.05) is 0 Å². The van der Waals surface area contributed by atoms with E-state index in [1.165, 1.54) is 5.32 Å². The van der Waals surface area contributed by atoms with Crippen molar-refractivity contribution in [1.82, 2.24) is 0 Å². The molecule has 0 saturated heterocycles. The van der Waals surface area contributed by atoms with E-state index in [0.29, 0.717) is 0 Å². The van der Waals surface area contributed by atoms with Crippen LogP contribution in [0.5, 0.6) is 0 Å². The summed E-state index contributed by atoms with van der Waals surface area (Å²) in [5.41, 5.74) is -4.51. The number of benzene rings is 3. The van der Waals surface area contributed by atoms with Gasteiger partial charge in [-0.2, -0.15) is 0 Å². The van der Waals surface area contributed by atoms with Gasteiger partial charge in [0.2, 0.25) is 11.6 Å². The molecule has 35 heavy (non-hydrogen) atoms. The van der Waals surface area contributed by atoms with Crippen LogP contribution >= 0.6 is 0 Å². The summed E-state index contributed by atoms with van der Waals surface area (Å²) < 4.78 is 135. The number of carbonyl (C=O) groups is 2. The molecule has 3 aromatic rings. The van der Waals surface area contributed by atoms with Crippen LogP contribution in [0, 0.1) is 58.2 Å². The molecule has 0 aromatic heterocycles. The minimum absolute atomic E-state index is 0.389. The number of hydrogen-bond acceptors (Lipinski definition) is 3. The summed E-state index contributed by atoms with van der Waals surface area (Å²) in [6.07, 6.45) is 0. The number of halogens is 10. The Morgan fingerprint density at radius 1 is 0.571 bits per heavy atom. The average Bonchev–Trinajstić information content (AvgIpc) is 2.85. The van der Waals surface area contributed by atoms with Crippen LogP contribution in [0.2, 0.25) is 0 Å². The number of hydrogen-bond donors (Lipinski definition) is 2. The molecule has 0 bridgehead atoms. The van der Waals surface area contributed by atoms with Crippen molar-refractivity contribution >= 4 is 23.2 Å². The second kappa shape index (κ2) is 9.25. The molecule has 0 unspecified atom stereocenters. The first-order valence-electron chi connectivity index (χ1n) is 8.82. The SMILES string of the molecule is NN(C(=O)c1ccc(C(=O)Nc2c(F)c(F)c(F)c(F)c2F)cc1)c1c(F)c(F)c(F)c(F)c1F. The molecule has 0 aliphatic carbocycles. The molecular formula is C20H7F10N3O2. The summed E-state index contributed by atoms with van der Waals surface area (Å²) in [4.78, 5) is 24.5. The van der Waals surface area contributed by atoms with Gasteiger partial charge in [0.05, 0.1) is 0 Å². The molecule has 0 atom stereocenters. The number of amides is 2. The fourth-order valence-electron chi connectivity index (χ4n) is 2.71. The number of nitrogens with two attached hydrogens (primary N) is 1. The lowest BCUT2D eigenvalue weighted by atomic mass is 10.1. The summed E-state index contributed by atoms with van der Waals surface area (Å²) in [5.74, 6) is -21.5. The highest BCUT2D eigenvalue weighted by atomic mass is 19.2. The average molecular weight is 511 g/mol. The molecule has 184 valence electrons. The molecule has 3 rings (SSSR count). The molecule has 15 heteroatoms. The minimum Gasteiger partial charge on any atom is -0.317 e. The van der Waals surface area contributed by atoms with Gasteiger partial charge in [-0.3, -0.25) is 9.59 Å². The van der Waals surface area contributed by atoms with Gasteiger partial charge in [0.15, 0.2) is 46.5 Å². The van der Waals surface area contributed by atoms with Gasteiger partial charge in [0.1, 0.15) is 11.4 Å². The van der Waals surface area contributed by atoms with E-state index in [1.54, 1.807) is 0 Å². The molecule has 5 nitrogen and oxygen atoms in total. The molecule has 2 amide bonds. The summed E-state index contributed by atoms with van der Waals surface area (Å²) in [6.45, 7) is 0. The predicted octanol–water partition coefficient (Wildman–Crippen LogP) is 4.85. The first-order chi connectivity index (χ1) is 16.3. The van der Waals surface area contributed by atoms with Crippen molar-refractivity contribution in [2.45, 2.75) is 0 Å². The van der Waals surface area contributed by atoms with E-state index in [4.69, 9.17) is 5.84 Å². The van der Waals surface area contributed by atoms with Crippen LogP contribution in [-0.4, -0.2) is 11.8 Å². The number of anilines is 2. The van der Waals surface area contributed by atoms with Gasteiger partial charge in [0, 0.05) is 11.1 Å². The summed E-state index contributed by atoms with van der Waals surface area (Å²) >= 11 is 0. The molecule has 0 aliphatic rings. The minimum atomic E-state index is -2.49. The van der Waals surface area contributed by atoms with E-state index in [1.807, 2.05) is 0 Å². The maximum Gasteiger partial charge on any atom is 0.272 e. The standard InChI is InChI=1S/C20H7F10N3O2/c21-7-9(23)13(27)17(14(28)10(7)24)32-19(34)5-1-3-6(4-2-5)20(35)33(31)18-15(29)11(25)8(22)12(26)16(18)30/h1-4H,31H2,(H,32,34). The van der Waals surface area contributed by atoms with Crippen LogP contribution in [0.4, 0.5) is 55.3 Å². The lowest BCUT2D eigenvalue weighted by molar-refractivity contribution is 0.0981. The van der Waals surface area contributed by atoms with Crippen LogP contribution in [0.25, 0.3) is 0 Å². The smallest absolute Gasteiger partial charge is 0.272 e. The largest absolute Gasteiger partial charge is 0.317 e. The molecular weight excluding hydrogens is 504 g/mol. The Bertz CT molecular complexity index is 1320. The maximum atomic E-state index is 13.9.